The fourth-order valence-electron chi connectivity index (χ4n) is 1.46. The highest BCUT2D eigenvalue weighted by molar-refractivity contribution is 5.79. The van der Waals surface area contributed by atoms with Crippen molar-refractivity contribution >= 4 is 5.84 Å². The first-order valence-electron chi connectivity index (χ1n) is 4.99. The highest BCUT2D eigenvalue weighted by Gasteiger charge is 2.30. The summed E-state index contributed by atoms with van der Waals surface area (Å²) in [5.41, 5.74) is 0. The summed E-state index contributed by atoms with van der Waals surface area (Å²) >= 11 is 0. The second-order valence-corrected chi connectivity index (χ2v) is 4.08. The smallest absolute Gasteiger partial charge is 0.0957 e. The van der Waals surface area contributed by atoms with E-state index in [2.05, 4.69) is 25.7 Å². The Morgan fingerprint density at radius 1 is 1.50 bits per heavy atom. The van der Waals surface area contributed by atoms with Crippen LogP contribution >= 0.6 is 0 Å². The SMILES string of the molecule is CCC(=N)N(CC(C)C)C1CC1. The Bertz CT molecular complexity index is 159. The van der Waals surface area contributed by atoms with Crippen LogP contribution in [-0.2, 0) is 0 Å². The van der Waals surface area contributed by atoms with Gasteiger partial charge < -0.3 is 4.90 Å². The van der Waals surface area contributed by atoms with Gasteiger partial charge in [0, 0.05) is 19.0 Å². The van der Waals surface area contributed by atoms with Crippen molar-refractivity contribution in [2.24, 2.45) is 5.92 Å². The Labute approximate surface area is 75.5 Å². The average molecular weight is 168 g/mol. The molecule has 0 amide bonds. The van der Waals surface area contributed by atoms with Crippen LogP contribution in [0.2, 0.25) is 0 Å². The molecule has 12 heavy (non-hydrogen) atoms. The molecule has 0 atom stereocenters. The predicted molar refractivity (Wildman–Crippen MR) is 52.6 cm³/mol. The van der Waals surface area contributed by atoms with E-state index in [0.717, 1.165) is 18.8 Å². The summed E-state index contributed by atoms with van der Waals surface area (Å²) in [6.45, 7) is 7.58. The van der Waals surface area contributed by atoms with Gasteiger partial charge in [-0.1, -0.05) is 20.8 Å². The molecule has 0 bridgehead atoms. The number of nitrogens with one attached hydrogen (secondary N) is 1. The van der Waals surface area contributed by atoms with Crippen LogP contribution < -0.4 is 0 Å². The van der Waals surface area contributed by atoms with Crippen molar-refractivity contribution in [3.8, 4) is 0 Å². The van der Waals surface area contributed by atoms with E-state index in [1.54, 1.807) is 0 Å². The van der Waals surface area contributed by atoms with Gasteiger partial charge in [-0.05, 0) is 18.8 Å². The largest absolute Gasteiger partial charge is 0.357 e. The number of rotatable bonds is 4. The molecule has 0 aromatic rings. The van der Waals surface area contributed by atoms with Gasteiger partial charge in [0.25, 0.3) is 0 Å². The van der Waals surface area contributed by atoms with Gasteiger partial charge in [0.15, 0.2) is 0 Å². The zero-order valence-electron chi connectivity index (χ0n) is 8.43. The molecule has 1 rings (SSSR count). The van der Waals surface area contributed by atoms with E-state index in [-0.39, 0.29) is 0 Å². The third-order valence-corrected chi connectivity index (χ3v) is 2.23. The van der Waals surface area contributed by atoms with Gasteiger partial charge in [0.1, 0.15) is 0 Å². The van der Waals surface area contributed by atoms with Crippen molar-refractivity contribution in [3.05, 3.63) is 0 Å². The molecular formula is C10H20N2. The fourth-order valence-corrected chi connectivity index (χ4v) is 1.46. The molecule has 2 nitrogen and oxygen atoms in total. The highest BCUT2D eigenvalue weighted by atomic mass is 15.2. The summed E-state index contributed by atoms with van der Waals surface area (Å²) in [6, 6.07) is 0.708. The van der Waals surface area contributed by atoms with E-state index in [9.17, 15) is 0 Å². The Hall–Kier alpha value is -0.530. The summed E-state index contributed by atoms with van der Waals surface area (Å²) in [4.78, 5) is 2.28. The topological polar surface area (TPSA) is 27.1 Å². The van der Waals surface area contributed by atoms with Gasteiger partial charge in [-0.3, -0.25) is 5.41 Å². The van der Waals surface area contributed by atoms with Crippen LogP contribution in [0.15, 0.2) is 0 Å². The third kappa shape index (κ3) is 2.50. The lowest BCUT2D eigenvalue weighted by molar-refractivity contribution is 0.349. The van der Waals surface area contributed by atoms with Crippen LogP contribution in [0.25, 0.3) is 0 Å². The van der Waals surface area contributed by atoms with E-state index in [0.29, 0.717) is 12.0 Å². The molecule has 0 aromatic heterocycles. The van der Waals surface area contributed by atoms with Crippen LogP contribution in [-0.4, -0.2) is 23.3 Å². The average Bonchev–Trinajstić information content (AvgIpc) is 2.81. The molecule has 70 valence electrons. The highest BCUT2D eigenvalue weighted by Crippen LogP contribution is 2.28. The lowest BCUT2D eigenvalue weighted by atomic mass is 10.2. The maximum Gasteiger partial charge on any atom is 0.0957 e. The first kappa shape index (κ1) is 9.56. The first-order chi connectivity index (χ1) is 5.65. The molecule has 1 saturated carbocycles. The number of nitrogens with zero attached hydrogens (tertiary/aromatic N) is 1. The maximum atomic E-state index is 7.78. The molecule has 0 aliphatic heterocycles. The molecular weight excluding hydrogens is 148 g/mol. The van der Waals surface area contributed by atoms with E-state index < -0.39 is 0 Å². The molecule has 1 fully saturated rings. The van der Waals surface area contributed by atoms with Crippen LogP contribution in [0.1, 0.15) is 40.0 Å². The fraction of sp³-hybridized carbons (Fsp3) is 0.900. The normalized spacial score (nSPS) is 16.7. The minimum absolute atomic E-state index is 0.678. The molecule has 0 spiro atoms. The number of hydrogen-bond acceptors (Lipinski definition) is 1. The number of hydrogen-bond donors (Lipinski definition) is 1. The summed E-state index contributed by atoms with van der Waals surface area (Å²) in [6.07, 6.45) is 3.48. The molecule has 2 heteroatoms. The lowest BCUT2D eigenvalue weighted by Gasteiger charge is -2.26. The van der Waals surface area contributed by atoms with Crippen LogP contribution in [0, 0.1) is 11.3 Å². The number of amidine groups is 1. The van der Waals surface area contributed by atoms with Gasteiger partial charge in [-0.2, -0.15) is 0 Å². The molecule has 1 N–H and O–H groups in total. The lowest BCUT2D eigenvalue weighted by Crippen LogP contribution is -2.35. The minimum atomic E-state index is 0.678. The van der Waals surface area contributed by atoms with E-state index in [4.69, 9.17) is 5.41 Å². The Morgan fingerprint density at radius 3 is 2.42 bits per heavy atom. The molecule has 0 radical (unpaired) electrons. The van der Waals surface area contributed by atoms with Gasteiger partial charge in [0.05, 0.1) is 5.84 Å². The van der Waals surface area contributed by atoms with E-state index >= 15 is 0 Å². The predicted octanol–water partition coefficient (Wildman–Crippen LogP) is 2.49. The Kier molecular flexibility index (Phi) is 3.12. The zero-order valence-corrected chi connectivity index (χ0v) is 8.43. The molecule has 0 heterocycles. The third-order valence-electron chi connectivity index (χ3n) is 2.23. The van der Waals surface area contributed by atoms with Crippen molar-refractivity contribution in [2.75, 3.05) is 6.54 Å². The van der Waals surface area contributed by atoms with Crippen molar-refractivity contribution in [2.45, 2.75) is 46.1 Å². The van der Waals surface area contributed by atoms with Crippen LogP contribution in [0.4, 0.5) is 0 Å². The van der Waals surface area contributed by atoms with E-state index in [1.807, 2.05) is 0 Å². The molecule has 1 aliphatic rings. The molecule has 1 aliphatic carbocycles. The van der Waals surface area contributed by atoms with Crippen LogP contribution in [0.5, 0.6) is 0 Å². The monoisotopic (exact) mass is 168 g/mol. The van der Waals surface area contributed by atoms with Crippen LogP contribution in [0.3, 0.4) is 0 Å². The van der Waals surface area contributed by atoms with Crippen molar-refractivity contribution in [1.82, 2.24) is 4.90 Å². The molecule has 0 saturated heterocycles. The maximum absolute atomic E-state index is 7.78. The minimum Gasteiger partial charge on any atom is -0.357 e. The zero-order chi connectivity index (χ0) is 9.14. The van der Waals surface area contributed by atoms with Crippen molar-refractivity contribution in [1.29, 1.82) is 5.41 Å². The Morgan fingerprint density at radius 2 is 2.08 bits per heavy atom. The van der Waals surface area contributed by atoms with E-state index in [1.165, 1.54) is 12.8 Å². The Balaban J connectivity index is 2.42. The summed E-state index contributed by atoms with van der Waals surface area (Å²) in [7, 11) is 0. The summed E-state index contributed by atoms with van der Waals surface area (Å²) in [5.74, 6) is 1.50. The summed E-state index contributed by atoms with van der Waals surface area (Å²) < 4.78 is 0. The standard InChI is InChI=1S/C10H20N2/c1-4-10(11)12(7-8(2)3)9-5-6-9/h8-9,11H,4-7H2,1-3H3. The second kappa shape index (κ2) is 3.92. The van der Waals surface area contributed by atoms with Gasteiger partial charge >= 0.3 is 0 Å². The van der Waals surface area contributed by atoms with Gasteiger partial charge in [-0.15, -0.1) is 0 Å². The summed E-state index contributed by atoms with van der Waals surface area (Å²) in [5, 5.41) is 7.78. The van der Waals surface area contributed by atoms with Crippen molar-refractivity contribution in [3.63, 3.8) is 0 Å². The molecule has 0 unspecified atom stereocenters. The van der Waals surface area contributed by atoms with Crippen molar-refractivity contribution < 1.29 is 0 Å². The van der Waals surface area contributed by atoms with Gasteiger partial charge in [0.2, 0.25) is 0 Å². The quantitative estimate of drug-likeness (QED) is 0.507. The van der Waals surface area contributed by atoms with Gasteiger partial charge in [-0.25, -0.2) is 0 Å². The molecule has 0 aromatic carbocycles. The first-order valence-corrected chi connectivity index (χ1v) is 4.99. The second-order valence-electron chi connectivity index (χ2n) is 4.08.